The number of fused-ring (bicyclic) bond motifs is 1. The predicted octanol–water partition coefficient (Wildman–Crippen LogP) is 2.94. The number of aromatic amines is 1. The molecule has 0 amide bonds. The fraction of sp³-hybridized carbons (Fsp3) is 0.556. The summed E-state index contributed by atoms with van der Waals surface area (Å²) in [6, 6.07) is 5.73. The van der Waals surface area contributed by atoms with Crippen molar-refractivity contribution in [3.8, 4) is 0 Å². The molecule has 2 N–H and O–H groups in total. The highest BCUT2D eigenvalue weighted by Gasteiger charge is 2.26. The van der Waals surface area contributed by atoms with Gasteiger partial charge in [-0.2, -0.15) is 0 Å². The van der Waals surface area contributed by atoms with Crippen molar-refractivity contribution >= 4 is 35.7 Å². The lowest BCUT2D eigenvalue weighted by molar-refractivity contribution is 0.0974. The van der Waals surface area contributed by atoms with Gasteiger partial charge in [-0.15, -0.1) is 24.8 Å². The molecule has 7 heteroatoms. The van der Waals surface area contributed by atoms with E-state index in [1.54, 1.807) is 6.07 Å². The minimum atomic E-state index is -0.162. The van der Waals surface area contributed by atoms with E-state index in [-0.39, 0.29) is 30.6 Å². The summed E-state index contributed by atoms with van der Waals surface area (Å²) in [4.78, 5) is 8.61. The molecule has 1 atom stereocenters. The summed E-state index contributed by atoms with van der Waals surface area (Å²) in [7, 11) is 0. The molecule has 0 spiro atoms. The molecule has 1 unspecified atom stereocenters. The summed E-state index contributed by atoms with van der Waals surface area (Å²) in [5, 5.41) is 4.47. The van der Waals surface area contributed by atoms with Gasteiger partial charge in [-0.25, -0.2) is 4.39 Å². The lowest BCUT2D eigenvalue weighted by Gasteiger charge is -2.37. The zero-order chi connectivity index (χ0) is 15.8. The zero-order valence-electron chi connectivity index (χ0n) is 14.6. The van der Waals surface area contributed by atoms with Crippen LogP contribution in [0.3, 0.4) is 0 Å². The molecule has 4 nitrogen and oxygen atoms in total. The van der Waals surface area contributed by atoms with Gasteiger partial charge in [0.2, 0.25) is 0 Å². The molecule has 2 aliphatic rings. The Morgan fingerprint density at radius 3 is 2.60 bits per heavy atom. The maximum absolute atomic E-state index is 13.4. The Balaban J connectivity index is 0.00000113. The van der Waals surface area contributed by atoms with Crippen molar-refractivity contribution in [2.75, 3.05) is 39.3 Å². The molecule has 1 aromatic heterocycles. The summed E-state index contributed by atoms with van der Waals surface area (Å²) in [6.45, 7) is 9.86. The highest BCUT2D eigenvalue weighted by Crippen LogP contribution is 2.24. The number of H-pyrrole nitrogens is 1. The number of nitrogens with zero attached hydrogens (tertiary/aromatic N) is 2. The van der Waals surface area contributed by atoms with Crippen LogP contribution in [-0.4, -0.2) is 60.1 Å². The van der Waals surface area contributed by atoms with Gasteiger partial charge in [-0.3, -0.25) is 9.80 Å². The molecule has 2 aliphatic heterocycles. The van der Waals surface area contributed by atoms with E-state index in [1.807, 2.05) is 6.07 Å². The molecule has 25 heavy (non-hydrogen) atoms. The number of benzene rings is 1. The first-order chi connectivity index (χ1) is 11.2. The molecule has 2 aromatic rings. The van der Waals surface area contributed by atoms with Gasteiger partial charge >= 0.3 is 0 Å². The third-order valence-electron chi connectivity index (χ3n) is 5.46. The normalized spacial score (nSPS) is 21.9. The molecule has 0 saturated carbocycles. The summed E-state index contributed by atoms with van der Waals surface area (Å²) in [5.74, 6) is -0.162. The Morgan fingerprint density at radius 1 is 1.16 bits per heavy atom. The predicted molar refractivity (Wildman–Crippen MR) is 106 cm³/mol. The molecule has 140 valence electrons. The molecular weight excluding hydrogens is 362 g/mol. The van der Waals surface area contributed by atoms with Crippen LogP contribution in [0.5, 0.6) is 0 Å². The molecule has 0 bridgehead atoms. The van der Waals surface area contributed by atoms with E-state index >= 15 is 0 Å². The van der Waals surface area contributed by atoms with Crippen molar-refractivity contribution < 1.29 is 4.39 Å². The molecule has 1 aromatic carbocycles. The van der Waals surface area contributed by atoms with Crippen molar-refractivity contribution in [3.05, 3.63) is 35.3 Å². The third kappa shape index (κ3) is 4.29. The van der Waals surface area contributed by atoms with Gasteiger partial charge in [0, 0.05) is 61.9 Å². The largest absolute Gasteiger partial charge is 0.357 e. The number of halogens is 3. The lowest BCUT2D eigenvalue weighted by atomic mass is 10.1. The summed E-state index contributed by atoms with van der Waals surface area (Å²) >= 11 is 0. The van der Waals surface area contributed by atoms with E-state index in [0.717, 1.165) is 62.8 Å². The summed E-state index contributed by atoms with van der Waals surface area (Å²) in [6.07, 6.45) is 1.28. The van der Waals surface area contributed by atoms with Gasteiger partial charge in [0.1, 0.15) is 5.82 Å². The van der Waals surface area contributed by atoms with Crippen LogP contribution in [0.2, 0.25) is 0 Å². The molecule has 0 radical (unpaired) electrons. The first kappa shape index (κ1) is 20.5. The van der Waals surface area contributed by atoms with Gasteiger partial charge in [-0.05, 0) is 43.7 Å². The van der Waals surface area contributed by atoms with E-state index in [1.165, 1.54) is 23.7 Å². The molecule has 3 heterocycles. The van der Waals surface area contributed by atoms with Crippen LogP contribution in [-0.2, 0) is 6.54 Å². The monoisotopic (exact) mass is 388 g/mol. The summed E-state index contributed by atoms with van der Waals surface area (Å²) in [5.41, 5.74) is 3.44. The fourth-order valence-electron chi connectivity index (χ4n) is 3.97. The van der Waals surface area contributed by atoms with Crippen molar-refractivity contribution in [3.63, 3.8) is 0 Å². The highest BCUT2D eigenvalue weighted by atomic mass is 35.5. The van der Waals surface area contributed by atoms with Crippen LogP contribution < -0.4 is 5.32 Å². The van der Waals surface area contributed by atoms with Gasteiger partial charge in [0.15, 0.2) is 0 Å². The van der Waals surface area contributed by atoms with Crippen molar-refractivity contribution in [2.45, 2.75) is 25.9 Å². The lowest BCUT2D eigenvalue weighted by Crippen LogP contribution is -2.50. The first-order valence-corrected chi connectivity index (χ1v) is 8.64. The topological polar surface area (TPSA) is 34.3 Å². The quantitative estimate of drug-likeness (QED) is 0.847. The average molecular weight is 389 g/mol. The van der Waals surface area contributed by atoms with E-state index in [4.69, 9.17) is 0 Å². The molecule has 2 saturated heterocycles. The molecule has 4 rings (SSSR count). The van der Waals surface area contributed by atoms with Crippen molar-refractivity contribution in [1.29, 1.82) is 0 Å². The number of rotatable bonds is 3. The van der Waals surface area contributed by atoms with E-state index in [2.05, 4.69) is 27.0 Å². The van der Waals surface area contributed by atoms with E-state index in [9.17, 15) is 4.39 Å². The van der Waals surface area contributed by atoms with Gasteiger partial charge in [0.25, 0.3) is 0 Å². The minimum absolute atomic E-state index is 0. The maximum Gasteiger partial charge on any atom is 0.123 e. The number of hydrogen-bond acceptors (Lipinski definition) is 3. The number of aromatic nitrogens is 1. The number of hydrogen-bond donors (Lipinski definition) is 2. The van der Waals surface area contributed by atoms with E-state index < -0.39 is 0 Å². The van der Waals surface area contributed by atoms with Crippen LogP contribution in [0.25, 0.3) is 10.9 Å². The van der Waals surface area contributed by atoms with Gasteiger partial charge in [0.05, 0.1) is 0 Å². The first-order valence-electron chi connectivity index (χ1n) is 8.64. The van der Waals surface area contributed by atoms with Crippen LogP contribution in [0, 0.1) is 12.7 Å². The Hall–Kier alpha value is -0.850. The minimum Gasteiger partial charge on any atom is -0.357 e. The Labute approximate surface area is 161 Å². The second-order valence-electron chi connectivity index (χ2n) is 6.88. The second kappa shape index (κ2) is 8.69. The van der Waals surface area contributed by atoms with Crippen LogP contribution in [0.15, 0.2) is 18.2 Å². The molecule has 0 aliphatic carbocycles. The second-order valence-corrected chi connectivity index (χ2v) is 6.88. The van der Waals surface area contributed by atoms with E-state index in [0.29, 0.717) is 0 Å². The molecular formula is C18H27Cl2FN4. The third-order valence-corrected chi connectivity index (χ3v) is 5.46. The number of nitrogens with one attached hydrogen (secondary N) is 2. The Morgan fingerprint density at radius 2 is 1.92 bits per heavy atom. The van der Waals surface area contributed by atoms with Crippen molar-refractivity contribution in [2.24, 2.45) is 0 Å². The highest BCUT2D eigenvalue weighted by molar-refractivity contribution is 5.86. The number of piperazine rings is 1. The van der Waals surface area contributed by atoms with Crippen LogP contribution in [0.4, 0.5) is 4.39 Å². The SMILES string of the molecule is Cc1c(CN2CCN(C3CCNC3)CC2)[nH]c2ccc(F)cc12.Cl.Cl. The van der Waals surface area contributed by atoms with Crippen molar-refractivity contribution in [1.82, 2.24) is 20.1 Å². The summed E-state index contributed by atoms with van der Waals surface area (Å²) < 4.78 is 13.4. The van der Waals surface area contributed by atoms with Crippen LogP contribution in [0.1, 0.15) is 17.7 Å². The fourth-order valence-corrected chi connectivity index (χ4v) is 3.97. The molecule has 2 fully saturated rings. The Kier molecular flexibility index (Phi) is 7.11. The standard InChI is InChI=1S/C18H25FN4.2ClH/c1-13-16-10-14(19)2-3-17(16)21-18(13)12-22-6-8-23(9-7-22)15-4-5-20-11-15;;/h2-3,10,15,20-21H,4-9,11-12H2,1H3;2*1H. The number of aryl methyl sites for hydroxylation is 1. The average Bonchev–Trinajstić information content (AvgIpc) is 3.19. The Bertz CT molecular complexity index is 692. The zero-order valence-corrected chi connectivity index (χ0v) is 16.2. The van der Waals surface area contributed by atoms with Gasteiger partial charge in [-0.1, -0.05) is 0 Å². The van der Waals surface area contributed by atoms with Gasteiger partial charge < -0.3 is 10.3 Å². The van der Waals surface area contributed by atoms with Crippen LogP contribution >= 0.6 is 24.8 Å². The maximum atomic E-state index is 13.4. The smallest absolute Gasteiger partial charge is 0.123 e.